The highest BCUT2D eigenvalue weighted by Gasteiger charge is 2.40. The zero-order valence-corrected chi connectivity index (χ0v) is 12.1. The number of anilines is 2. The van der Waals surface area contributed by atoms with Crippen molar-refractivity contribution in [2.75, 3.05) is 23.3 Å². The lowest BCUT2D eigenvalue weighted by molar-refractivity contribution is 0.218. The number of fused-ring (bicyclic) bond motifs is 1. The van der Waals surface area contributed by atoms with Crippen LogP contribution in [-0.2, 0) is 0 Å². The predicted octanol–water partition coefficient (Wildman–Crippen LogP) is 4.05. The van der Waals surface area contributed by atoms with E-state index in [0.717, 1.165) is 11.8 Å². The molecule has 1 N–H and O–H groups in total. The van der Waals surface area contributed by atoms with Crippen LogP contribution in [0, 0.1) is 11.8 Å². The quantitative estimate of drug-likeness (QED) is 0.832. The van der Waals surface area contributed by atoms with Crippen LogP contribution in [0.5, 0.6) is 0 Å². The number of piperidine rings is 1. The molecule has 1 heterocycles. The summed E-state index contributed by atoms with van der Waals surface area (Å²) in [6.07, 6.45) is 11.5. The first-order valence-corrected chi connectivity index (χ1v) is 8.18. The van der Waals surface area contributed by atoms with Crippen molar-refractivity contribution >= 4 is 11.4 Å². The number of nitrogens with one attached hydrogen (secondary N) is 1. The summed E-state index contributed by atoms with van der Waals surface area (Å²) in [6, 6.07) is 9.76. The molecule has 3 aliphatic rings. The SMILES string of the molecule is C1=CC2C(C1)CC2Nc1ccc(N2CCCCC2)cc1. The first-order valence-electron chi connectivity index (χ1n) is 8.18. The third kappa shape index (κ3) is 2.21. The Bertz CT molecular complexity index is 485. The maximum absolute atomic E-state index is 3.71. The molecule has 1 aromatic carbocycles. The molecule has 3 atom stereocenters. The molecule has 2 nitrogen and oxygen atoms in total. The smallest absolute Gasteiger partial charge is 0.0367 e. The summed E-state index contributed by atoms with van der Waals surface area (Å²) in [7, 11) is 0. The van der Waals surface area contributed by atoms with E-state index in [2.05, 4.69) is 46.6 Å². The van der Waals surface area contributed by atoms with Gasteiger partial charge in [-0.15, -0.1) is 0 Å². The maximum atomic E-state index is 3.71. The molecule has 1 aliphatic heterocycles. The molecule has 2 heteroatoms. The lowest BCUT2D eigenvalue weighted by Gasteiger charge is -2.41. The van der Waals surface area contributed by atoms with Crippen molar-refractivity contribution in [3.8, 4) is 0 Å². The number of rotatable bonds is 3. The zero-order chi connectivity index (χ0) is 13.4. The number of hydrogen-bond donors (Lipinski definition) is 1. The summed E-state index contributed by atoms with van der Waals surface area (Å²) in [6.45, 7) is 2.45. The van der Waals surface area contributed by atoms with E-state index in [1.165, 1.54) is 56.6 Å². The fourth-order valence-electron chi connectivity index (χ4n) is 4.02. The Labute approximate surface area is 121 Å². The Morgan fingerprint density at radius 3 is 2.55 bits per heavy atom. The third-order valence-corrected chi connectivity index (χ3v) is 5.30. The van der Waals surface area contributed by atoms with Gasteiger partial charge in [0.2, 0.25) is 0 Å². The largest absolute Gasteiger partial charge is 0.382 e. The lowest BCUT2D eigenvalue weighted by atomic mass is 9.71. The van der Waals surface area contributed by atoms with Gasteiger partial charge < -0.3 is 10.2 Å². The number of benzene rings is 1. The average Bonchev–Trinajstić information content (AvgIpc) is 2.88. The van der Waals surface area contributed by atoms with E-state index in [-0.39, 0.29) is 0 Å². The molecule has 0 radical (unpaired) electrons. The van der Waals surface area contributed by atoms with Crippen molar-refractivity contribution in [1.29, 1.82) is 0 Å². The minimum Gasteiger partial charge on any atom is -0.382 e. The van der Waals surface area contributed by atoms with E-state index in [1.54, 1.807) is 0 Å². The molecule has 0 aromatic heterocycles. The fourth-order valence-corrected chi connectivity index (χ4v) is 4.02. The zero-order valence-electron chi connectivity index (χ0n) is 12.1. The van der Waals surface area contributed by atoms with Gasteiger partial charge in [0.05, 0.1) is 0 Å². The highest BCUT2D eigenvalue weighted by atomic mass is 15.1. The number of allylic oxidation sites excluding steroid dienone is 1. The second kappa shape index (κ2) is 5.16. The van der Waals surface area contributed by atoms with Crippen molar-refractivity contribution in [3.63, 3.8) is 0 Å². The second-order valence-corrected chi connectivity index (χ2v) is 6.58. The van der Waals surface area contributed by atoms with Gasteiger partial charge >= 0.3 is 0 Å². The summed E-state index contributed by atoms with van der Waals surface area (Å²) in [5.74, 6) is 1.72. The third-order valence-electron chi connectivity index (χ3n) is 5.30. The molecule has 0 amide bonds. The molecule has 0 spiro atoms. The molecule has 106 valence electrons. The summed E-state index contributed by atoms with van der Waals surface area (Å²) in [5.41, 5.74) is 2.68. The van der Waals surface area contributed by atoms with Crippen LogP contribution in [0.4, 0.5) is 11.4 Å². The van der Waals surface area contributed by atoms with Crippen LogP contribution < -0.4 is 10.2 Å². The average molecular weight is 268 g/mol. The van der Waals surface area contributed by atoms with Gasteiger partial charge in [-0.25, -0.2) is 0 Å². The molecule has 0 bridgehead atoms. The standard InChI is InChI=1S/C18H24N2/c1-2-11-20(12-3-1)16-9-7-15(8-10-16)19-18-13-14-5-4-6-17(14)18/h4,6-10,14,17-19H,1-3,5,11-13H2. The van der Waals surface area contributed by atoms with E-state index < -0.39 is 0 Å². The Balaban J connectivity index is 1.38. The van der Waals surface area contributed by atoms with Gasteiger partial charge in [0, 0.05) is 36.4 Å². The highest BCUT2D eigenvalue weighted by Crippen LogP contribution is 2.44. The van der Waals surface area contributed by atoms with Gasteiger partial charge in [0.15, 0.2) is 0 Å². The molecule has 4 rings (SSSR count). The Kier molecular flexibility index (Phi) is 3.17. The van der Waals surface area contributed by atoms with E-state index in [1.807, 2.05) is 0 Å². The molecule has 3 unspecified atom stereocenters. The van der Waals surface area contributed by atoms with Gasteiger partial charge in [-0.2, -0.15) is 0 Å². The van der Waals surface area contributed by atoms with Crippen LogP contribution in [0.15, 0.2) is 36.4 Å². The molecular weight excluding hydrogens is 244 g/mol. The molecular formula is C18H24N2. The highest BCUT2D eigenvalue weighted by molar-refractivity contribution is 5.56. The van der Waals surface area contributed by atoms with Crippen LogP contribution in [0.1, 0.15) is 32.1 Å². The molecule has 1 saturated heterocycles. The summed E-state index contributed by atoms with van der Waals surface area (Å²) < 4.78 is 0. The summed E-state index contributed by atoms with van der Waals surface area (Å²) in [5, 5.41) is 3.71. The van der Waals surface area contributed by atoms with E-state index in [9.17, 15) is 0 Å². The first kappa shape index (κ1) is 12.3. The predicted molar refractivity (Wildman–Crippen MR) is 85.3 cm³/mol. The monoisotopic (exact) mass is 268 g/mol. The minimum atomic E-state index is 0.666. The maximum Gasteiger partial charge on any atom is 0.0367 e. The summed E-state index contributed by atoms with van der Waals surface area (Å²) in [4.78, 5) is 2.52. The lowest BCUT2D eigenvalue weighted by Crippen LogP contribution is -2.43. The van der Waals surface area contributed by atoms with E-state index in [0.29, 0.717) is 6.04 Å². The minimum absolute atomic E-state index is 0.666. The second-order valence-electron chi connectivity index (χ2n) is 6.58. The molecule has 2 fully saturated rings. The van der Waals surface area contributed by atoms with Crippen molar-refractivity contribution in [2.24, 2.45) is 11.8 Å². The van der Waals surface area contributed by atoms with E-state index >= 15 is 0 Å². The van der Waals surface area contributed by atoms with Gasteiger partial charge in [-0.05, 0) is 62.3 Å². The molecule has 1 aromatic rings. The Hall–Kier alpha value is -1.44. The van der Waals surface area contributed by atoms with Crippen LogP contribution >= 0.6 is 0 Å². The van der Waals surface area contributed by atoms with Gasteiger partial charge in [0.25, 0.3) is 0 Å². The van der Waals surface area contributed by atoms with Crippen molar-refractivity contribution < 1.29 is 0 Å². The summed E-state index contributed by atoms with van der Waals surface area (Å²) >= 11 is 0. The van der Waals surface area contributed by atoms with Gasteiger partial charge in [0.1, 0.15) is 0 Å². The van der Waals surface area contributed by atoms with Crippen LogP contribution in [0.2, 0.25) is 0 Å². The Morgan fingerprint density at radius 2 is 1.80 bits per heavy atom. The topological polar surface area (TPSA) is 15.3 Å². The van der Waals surface area contributed by atoms with Crippen LogP contribution in [0.3, 0.4) is 0 Å². The first-order chi connectivity index (χ1) is 9.90. The van der Waals surface area contributed by atoms with Crippen molar-refractivity contribution in [1.82, 2.24) is 0 Å². The number of hydrogen-bond acceptors (Lipinski definition) is 2. The molecule has 2 aliphatic carbocycles. The Morgan fingerprint density at radius 1 is 1.00 bits per heavy atom. The van der Waals surface area contributed by atoms with Crippen molar-refractivity contribution in [2.45, 2.75) is 38.1 Å². The van der Waals surface area contributed by atoms with Gasteiger partial charge in [-0.3, -0.25) is 0 Å². The van der Waals surface area contributed by atoms with Crippen LogP contribution in [-0.4, -0.2) is 19.1 Å². The number of nitrogens with zero attached hydrogens (tertiary/aromatic N) is 1. The molecule has 20 heavy (non-hydrogen) atoms. The van der Waals surface area contributed by atoms with Crippen LogP contribution in [0.25, 0.3) is 0 Å². The van der Waals surface area contributed by atoms with Crippen molar-refractivity contribution in [3.05, 3.63) is 36.4 Å². The molecule has 1 saturated carbocycles. The normalized spacial score (nSPS) is 31.8. The van der Waals surface area contributed by atoms with E-state index in [4.69, 9.17) is 0 Å². The van der Waals surface area contributed by atoms with Gasteiger partial charge in [-0.1, -0.05) is 12.2 Å². The fraction of sp³-hybridized carbons (Fsp3) is 0.556.